The molecule has 0 N–H and O–H groups in total. The van der Waals surface area contributed by atoms with Gasteiger partial charge in [0, 0.05) is 18.7 Å². The Bertz CT molecular complexity index is 1050. The van der Waals surface area contributed by atoms with Gasteiger partial charge in [0.1, 0.15) is 17.0 Å². The highest BCUT2D eigenvalue weighted by atomic mass is 35.5. The van der Waals surface area contributed by atoms with Crippen LogP contribution in [0, 0.1) is 5.82 Å². The third-order valence-corrected chi connectivity index (χ3v) is 4.40. The fraction of sp³-hybridized carbons (Fsp3) is 0.250. The van der Waals surface area contributed by atoms with Gasteiger partial charge in [0.05, 0.1) is 11.3 Å². The van der Waals surface area contributed by atoms with E-state index in [9.17, 15) is 14.0 Å². The smallest absolute Gasteiger partial charge is 0.282 e. The number of ketones is 1. The maximum absolute atomic E-state index is 13.3. The molecular weight excluding hydrogens is 335 g/mol. The standard InChI is InChI=1S/C16H12ClFN4O2/c1-21-14(15(23)8-2-5-11(18)10(17)6-8)12-13(20-21)16(24)22(7-19-12)9-3-4-9/h2,5-7,9H,3-4H2,1H3. The lowest BCUT2D eigenvalue weighted by molar-refractivity contribution is 0.103. The number of aromatic nitrogens is 4. The summed E-state index contributed by atoms with van der Waals surface area (Å²) in [6.07, 6.45) is 3.35. The maximum Gasteiger partial charge on any atom is 0.282 e. The molecule has 0 bridgehead atoms. The first kappa shape index (κ1) is 15.0. The molecule has 0 amide bonds. The van der Waals surface area contributed by atoms with Crippen molar-refractivity contribution in [2.75, 3.05) is 0 Å². The average molecular weight is 347 g/mol. The van der Waals surface area contributed by atoms with Crippen LogP contribution in [0.3, 0.4) is 0 Å². The van der Waals surface area contributed by atoms with Gasteiger partial charge in [-0.25, -0.2) is 9.37 Å². The normalized spacial score (nSPS) is 14.3. The van der Waals surface area contributed by atoms with Crippen LogP contribution < -0.4 is 5.56 Å². The number of carbonyl (C=O) groups is 1. The summed E-state index contributed by atoms with van der Waals surface area (Å²) >= 11 is 5.75. The lowest BCUT2D eigenvalue weighted by atomic mass is 10.1. The minimum absolute atomic E-state index is 0.142. The van der Waals surface area contributed by atoms with Gasteiger partial charge in [-0.05, 0) is 31.0 Å². The van der Waals surface area contributed by atoms with Crippen LogP contribution >= 0.6 is 11.6 Å². The van der Waals surface area contributed by atoms with E-state index in [-0.39, 0.29) is 38.9 Å². The van der Waals surface area contributed by atoms with Crippen LogP contribution in [-0.4, -0.2) is 25.1 Å². The first-order valence-electron chi connectivity index (χ1n) is 7.41. The van der Waals surface area contributed by atoms with E-state index in [2.05, 4.69) is 10.1 Å². The van der Waals surface area contributed by atoms with Crippen molar-refractivity contribution in [2.45, 2.75) is 18.9 Å². The first-order valence-corrected chi connectivity index (χ1v) is 7.78. The van der Waals surface area contributed by atoms with Crippen LogP contribution in [0.4, 0.5) is 4.39 Å². The highest BCUT2D eigenvalue weighted by Gasteiger charge is 2.28. The van der Waals surface area contributed by atoms with Crippen molar-refractivity contribution in [1.29, 1.82) is 0 Å². The summed E-state index contributed by atoms with van der Waals surface area (Å²) < 4.78 is 16.2. The van der Waals surface area contributed by atoms with E-state index in [0.29, 0.717) is 0 Å². The van der Waals surface area contributed by atoms with E-state index in [1.807, 2.05) is 0 Å². The predicted molar refractivity (Wildman–Crippen MR) is 85.9 cm³/mol. The molecule has 0 atom stereocenters. The number of benzene rings is 1. The number of fused-ring (bicyclic) bond motifs is 1. The summed E-state index contributed by atoms with van der Waals surface area (Å²) in [5.41, 5.74) is 0.523. The minimum atomic E-state index is -0.603. The Kier molecular flexibility index (Phi) is 3.28. The first-order chi connectivity index (χ1) is 11.5. The number of carbonyl (C=O) groups excluding carboxylic acids is 1. The van der Waals surface area contributed by atoms with Crippen molar-refractivity contribution in [3.05, 3.63) is 57.0 Å². The summed E-state index contributed by atoms with van der Waals surface area (Å²) in [4.78, 5) is 29.5. The lowest BCUT2D eigenvalue weighted by Gasteiger charge is -2.04. The topological polar surface area (TPSA) is 69.8 Å². The highest BCUT2D eigenvalue weighted by molar-refractivity contribution is 6.31. The molecule has 8 heteroatoms. The van der Waals surface area contributed by atoms with Gasteiger partial charge in [0.15, 0.2) is 5.52 Å². The van der Waals surface area contributed by atoms with Crippen LogP contribution in [0.2, 0.25) is 5.02 Å². The largest absolute Gasteiger partial charge is 0.294 e. The number of rotatable bonds is 3. The van der Waals surface area contributed by atoms with E-state index in [4.69, 9.17) is 11.6 Å². The Hall–Kier alpha value is -2.54. The SMILES string of the molecule is Cn1nc2c(=O)n(C3CC3)cnc2c1C(=O)c1ccc(F)c(Cl)c1. The summed E-state index contributed by atoms with van der Waals surface area (Å²) in [6.45, 7) is 0. The van der Waals surface area contributed by atoms with Crippen molar-refractivity contribution in [2.24, 2.45) is 7.05 Å². The number of hydrogen-bond acceptors (Lipinski definition) is 4. The molecule has 1 fully saturated rings. The van der Waals surface area contributed by atoms with Gasteiger partial charge in [0.2, 0.25) is 5.78 Å². The van der Waals surface area contributed by atoms with Crippen LogP contribution in [0.5, 0.6) is 0 Å². The van der Waals surface area contributed by atoms with Crippen LogP contribution in [0.1, 0.15) is 34.9 Å². The lowest BCUT2D eigenvalue weighted by Crippen LogP contribution is -2.19. The zero-order chi connectivity index (χ0) is 17.0. The van der Waals surface area contributed by atoms with E-state index < -0.39 is 11.6 Å². The van der Waals surface area contributed by atoms with Gasteiger partial charge >= 0.3 is 0 Å². The van der Waals surface area contributed by atoms with Crippen molar-refractivity contribution in [1.82, 2.24) is 19.3 Å². The van der Waals surface area contributed by atoms with Crippen molar-refractivity contribution in [3.63, 3.8) is 0 Å². The highest BCUT2D eigenvalue weighted by Crippen LogP contribution is 2.33. The number of nitrogens with zero attached hydrogens (tertiary/aromatic N) is 4. The predicted octanol–water partition coefficient (Wildman–Crippen LogP) is 2.49. The van der Waals surface area contributed by atoms with Crippen molar-refractivity contribution >= 4 is 28.4 Å². The molecule has 2 heterocycles. The Labute approximate surface area is 140 Å². The molecule has 0 aliphatic heterocycles. The second kappa shape index (κ2) is 5.24. The quantitative estimate of drug-likeness (QED) is 0.683. The number of hydrogen-bond donors (Lipinski definition) is 0. The van der Waals surface area contributed by atoms with Gasteiger partial charge in [-0.3, -0.25) is 18.8 Å². The summed E-state index contributed by atoms with van der Waals surface area (Å²) in [5.74, 6) is -1.02. The monoisotopic (exact) mass is 346 g/mol. The molecule has 122 valence electrons. The molecular formula is C16H12ClFN4O2. The fourth-order valence-corrected chi connectivity index (χ4v) is 2.90. The molecule has 3 aromatic rings. The zero-order valence-electron chi connectivity index (χ0n) is 12.7. The molecule has 6 nitrogen and oxygen atoms in total. The van der Waals surface area contributed by atoms with E-state index in [1.165, 1.54) is 23.1 Å². The molecule has 1 aliphatic carbocycles. The molecule has 1 aromatic carbocycles. The van der Waals surface area contributed by atoms with E-state index >= 15 is 0 Å². The van der Waals surface area contributed by atoms with Crippen LogP contribution in [-0.2, 0) is 7.05 Å². The van der Waals surface area contributed by atoms with E-state index in [0.717, 1.165) is 18.9 Å². The summed E-state index contributed by atoms with van der Waals surface area (Å²) in [5, 5.41) is 4.02. The summed E-state index contributed by atoms with van der Waals surface area (Å²) in [7, 11) is 1.57. The average Bonchev–Trinajstić information content (AvgIpc) is 3.32. The second-order valence-corrected chi connectivity index (χ2v) is 6.22. The second-order valence-electron chi connectivity index (χ2n) is 5.82. The Morgan fingerprint density at radius 2 is 2.08 bits per heavy atom. The molecule has 0 unspecified atom stereocenters. The zero-order valence-corrected chi connectivity index (χ0v) is 13.4. The van der Waals surface area contributed by atoms with Gasteiger partial charge in [-0.1, -0.05) is 11.6 Å². The number of aryl methyl sites for hydroxylation is 1. The van der Waals surface area contributed by atoms with Gasteiger partial charge in [-0.2, -0.15) is 5.10 Å². The van der Waals surface area contributed by atoms with Crippen LogP contribution in [0.25, 0.3) is 11.0 Å². The molecule has 0 radical (unpaired) electrons. The van der Waals surface area contributed by atoms with Gasteiger partial charge < -0.3 is 0 Å². The summed E-state index contributed by atoms with van der Waals surface area (Å²) in [6, 6.07) is 3.89. The Morgan fingerprint density at radius 3 is 2.75 bits per heavy atom. The molecule has 4 rings (SSSR count). The maximum atomic E-state index is 13.3. The molecule has 0 saturated heterocycles. The molecule has 24 heavy (non-hydrogen) atoms. The molecule has 1 saturated carbocycles. The van der Waals surface area contributed by atoms with E-state index in [1.54, 1.807) is 11.6 Å². The minimum Gasteiger partial charge on any atom is -0.294 e. The third-order valence-electron chi connectivity index (χ3n) is 4.11. The Morgan fingerprint density at radius 1 is 1.33 bits per heavy atom. The third kappa shape index (κ3) is 2.24. The Balaban J connectivity index is 1.88. The van der Waals surface area contributed by atoms with Gasteiger partial charge in [-0.15, -0.1) is 0 Å². The molecule has 0 spiro atoms. The number of halogens is 2. The van der Waals surface area contributed by atoms with Crippen molar-refractivity contribution < 1.29 is 9.18 Å². The molecule has 2 aromatic heterocycles. The van der Waals surface area contributed by atoms with Crippen molar-refractivity contribution in [3.8, 4) is 0 Å². The van der Waals surface area contributed by atoms with Gasteiger partial charge in [0.25, 0.3) is 5.56 Å². The fourth-order valence-electron chi connectivity index (χ4n) is 2.72. The van der Waals surface area contributed by atoms with Crippen LogP contribution in [0.15, 0.2) is 29.3 Å². The molecule has 1 aliphatic rings.